The smallest absolute Gasteiger partial charge is 0.306 e. The van der Waals surface area contributed by atoms with Crippen LogP contribution in [0.2, 0.25) is 5.28 Å². The minimum Gasteiger partial charge on any atom is -0.481 e. The van der Waals surface area contributed by atoms with Crippen molar-refractivity contribution in [3.8, 4) is 0 Å². The van der Waals surface area contributed by atoms with Crippen LogP contribution in [-0.4, -0.2) is 27.4 Å². The van der Waals surface area contributed by atoms with Crippen molar-refractivity contribution < 1.29 is 26.4 Å². The van der Waals surface area contributed by atoms with Crippen molar-refractivity contribution in [2.75, 3.05) is 0 Å². The molecule has 0 fully saturated rings. The SMILES string of the molecule is CCCCC(CC)C(=O)O.C[CH2][Al].Cl.Cl.[CH].[Ni]. The molecule has 1 N–H and O–H groups in total. The normalized spacial score (nSPS) is 8.65. The Hall–Kier alpha value is 1.08. The van der Waals surface area contributed by atoms with E-state index in [1.165, 1.54) is 5.28 Å². The van der Waals surface area contributed by atoms with E-state index in [0.29, 0.717) is 0 Å². The molecule has 0 heterocycles. The van der Waals surface area contributed by atoms with E-state index in [9.17, 15) is 4.79 Å². The van der Waals surface area contributed by atoms with Crippen molar-refractivity contribution in [3.63, 3.8) is 0 Å². The van der Waals surface area contributed by atoms with Gasteiger partial charge < -0.3 is 5.11 Å². The first-order chi connectivity index (χ1) is 6.13. The van der Waals surface area contributed by atoms with Gasteiger partial charge >= 0.3 is 5.97 Å². The maximum Gasteiger partial charge on any atom is 0.306 e. The summed E-state index contributed by atoms with van der Waals surface area (Å²) in [5.41, 5.74) is 0. The van der Waals surface area contributed by atoms with Crippen LogP contribution in [0, 0.1) is 13.3 Å². The van der Waals surface area contributed by atoms with Crippen molar-refractivity contribution in [1.29, 1.82) is 0 Å². The summed E-state index contributed by atoms with van der Waals surface area (Å²) in [4.78, 5) is 10.4. The third-order valence-corrected chi connectivity index (χ3v) is 1.75. The van der Waals surface area contributed by atoms with Crippen LogP contribution in [0.4, 0.5) is 0 Å². The molecule has 0 aromatic heterocycles. The summed E-state index contributed by atoms with van der Waals surface area (Å²) < 4.78 is 0. The second-order valence-electron chi connectivity index (χ2n) is 2.99. The zero-order chi connectivity index (χ0) is 10.7. The van der Waals surface area contributed by atoms with E-state index >= 15 is 0 Å². The van der Waals surface area contributed by atoms with Gasteiger partial charge in [0.2, 0.25) is 0 Å². The van der Waals surface area contributed by atoms with Gasteiger partial charge in [-0.25, -0.2) is 0 Å². The fourth-order valence-electron chi connectivity index (χ4n) is 0.953. The molecule has 0 amide bonds. The summed E-state index contributed by atoms with van der Waals surface area (Å²) in [6.45, 7) is 6.09. The number of carboxylic acids is 1. The molecule has 0 aliphatic heterocycles. The van der Waals surface area contributed by atoms with E-state index < -0.39 is 5.97 Å². The van der Waals surface area contributed by atoms with Gasteiger partial charge in [0.05, 0.1) is 5.92 Å². The Bertz CT molecular complexity index is 130. The molecule has 0 aliphatic rings. The predicted octanol–water partition coefficient (Wildman–Crippen LogP) is 3.93. The van der Waals surface area contributed by atoms with Crippen LogP contribution in [0.5, 0.6) is 0 Å². The maximum absolute atomic E-state index is 10.4. The Morgan fingerprint density at radius 3 is 1.76 bits per heavy atom. The number of halogens is 2. The fraction of sp³-hybridized carbons (Fsp3) is 0.818. The average Bonchev–Trinajstić information content (AvgIpc) is 2.06. The summed E-state index contributed by atoms with van der Waals surface area (Å²) in [7, 11) is 0. The van der Waals surface area contributed by atoms with Crippen LogP contribution in [-0.2, 0) is 21.3 Å². The zero-order valence-corrected chi connectivity index (χ0v) is 14.5. The van der Waals surface area contributed by atoms with E-state index in [-0.39, 0.29) is 54.7 Å². The van der Waals surface area contributed by atoms with Crippen LogP contribution in [0.3, 0.4) is 0 Å². The van der Waals surface area contributed by atoms with E-state index in [4.69, 9.17) is 5.11 Å². The minimum atomic E-state index is -0.643. The molecule has 0 spiro atoms. The molecule has 17 heavy (non-hydrogen) atoms. The molecular weight excluding hydrogens is 321 g/mol. The van der Waals surface area contributed by atoms with Gasteiger partial charge in [-0.05, 0) is 20.3 Å². The molecule has 0 saturated heterocycles. The molecule has 0 bridgehead atoms. The Kier molecular flexibility index (Phi) is 64.3. The standard InChI is InChI=1S/C8H16O2.C2H5.CH.Al.2ClH.Ni/c1-3-5-6-7(4-2)8(9)10;1-2;;;;;/h7H,3-6H2,1-2H3,(H,9,10);1H2,2H3;1H;;2*1H;. The topological polar surface area (TPSA) is 37.3 Å². The summed E-state index contributed by atoms with van der Waals surface area (Å²) in [5.74, 6) is -0.754. The van der Waals surface area contributed by atoms with E-state index in [0.717, 1.165) is 25.7 Å². The first kappa shape index (κ1) is 36.1. The van der Waals surface area contributed by atoms with Crippen LogP contribution in [0.15, 0.2) is 0 Å². The molecule has 0 aliphatic carbocycles. The predicted molar refractivity (Wildman–Crippen MR) is 76.0 cm³/mol. The second-order valence-corrected chi connectivity index (χ2v) is 3.81. The number of rotatable bonds is 5. The fourth-order valence-corrected chi connectivity index (χ4v) is 0.953. The molecule has 0 aromatic carbocycles. The summed E-state index contributed by atoms with van der Waals surface area (Å²) in [5, 5.41) is 9.77. The molecule has 0 saturated carbocycles. The quantitative estimate of drug-likeness (QED) is 0.767. The summed E-state index contributed by atoms with van der Waals surface area (Å²) in [6.07, 6.45) is 3.71. The summed E-state index contributed by atoms with van der Waals surface area (Å²) >= 11 is 2.58. The monoisotopic (exact) mass is 343 g/mol. The molecule has 0 rings (SSSR count). The molecule has 1 unspecified atom stereocenters. The number of hydrogen-bond acceptors (Lipinski definition) is 1. The Labute approximate surface area is 138 Å². The molecule has 5 radical (unpaired) electrons. The van der Waals surface area contributed by atoms with Gasteiger partial charge in [0.25, 0.3) is 0 Å². The van der Waals surface area contributed by atoms with Crippen LogP contribution >= 0.6 is 24.8 Å². The van der Waals surface area contributed by atoms with Gasteiger partial charge in [0, 0.05) is 16.5 Å². The van der Waals surface area contributed by atoms with Gasteiger partial charge in [0.15, 0.2) is 0 Å². The van der Waals surface area contributed by atoms with Gasteiger partial charge in [-0.15, -0.1) is 30.1 Å². The largest absolute Gasteiger partial charge is 0.481 e. The first-order valence-corrected chi connectivity index (χ1v) is 5.88. The summed E-state index contributed by atoms with van der Waals surface area (Å²) in [6, 6.07) is 0. The Balaban J connectivity index is -0.0000000393. The molecule has 0 aromatic rings. The van der Waals surface area contributed by atoms with Crippen LogP contribution in [0.25, 0.3) is 0 Å². The van der Waals surface area contributed by atoms with Gasteiger partial charge in [-0.1, -0.05) is 33.6 Å². The third kappa shape index (κ3) is 31.6. The second kappa shape index (κ2) is 30.3. The van der Waals surface area contributed by atoms with E-state index in [1.807, 2.05) is 6.92 Å². The minimum absolute atomic E-state index is 0. The Morgan fingerprint density at radius 2 is 1.59 bits per heavy atom. The molecule has 107 valence electrons. The number of unbranched alkanes of at least 4 members (excludes halogenated alkanes) is 1. The van der Waals surface area contributed by atoms with Crippen molar-refractivity contribution in [2.24, 2.45) is 5.92 Å². The van der Waals surface area contributed by atoms with Crippen LogP contribution < -0.4 is 0 Å². The number of carbonyl (C=O) groups is 1. The Morgan fingerprint density at radius 1 is 1.24 bits per heavy atom. The van der Waals surface area contributed by atoms with Gasteiger partial charge in [0.1, 0.15) is 16.3 Å². The van der Waals surface area contributed by atoms with Gasteiger partial charge in [-0.2, -0.15) is 0 Å². The van der Waals surface area contributed by atoms with Crippen molar-refractivity contribution in [2.45, 2.75) is 51.7 Å². The molecule has 2 nitrogen and oxygen atoms in total. The van der Waals surface area contributed by atoms with E-state index in [2.05, 4.69) is 30.1 Å². The number of aliphatic carboxylic acids is 1. The van der Waals surface area contributed by atoms with Crippen molar-refractivity contribution in [3.05, 3.63) is 7.43 Å². The maximum atomic E-state index is 10.4. The molecular formula is C11H24AlCl2NiO2. The van der Waals surface area contributed by atoms with E-state index in [1.54, 1.807) is 0 Å². The third-order valence-electron chi connectivity index (χ3n) is 1.75. The van der Waals surface area contributed by atoms with Gasteiger partial charge in [-0.3, -0.25) is 4.79 Å². The van der Waals surface area contributed by atoms with Crippen molar-refractivity contribution in [1.82, 2.24) is 0 Å². The molecule has 6 heteroatoms. The average molecular weight is 345 g/mol. The number of carboxylic acid groups (broad SMARTS) is 1. The first-order valence-electron chi connectivity index (χ1n) is 5.06. The number of hydrogen-bond donors (Lipinski definition) is 1. The molecule has 1 atom stereocenters. The zero-order valence-electron chi connectivity index (χ0n) is 10.8. The van der Waals surface area contributed by atoms with Crippen LogP contribution in [0.1, 0.15) is 46.5 Å². The van der Waals surface area contributed by atoms with Crippen molar-refractivity contribution >= 4 is 47.1 Å².